The van der Waals surface area contributed by atoms with Crippen LogP contribution in [0.5, 0.6) is 0 Å². The molecule has 0 fully saturated rings. The molecule has 3 nitrogen and oxygen atoms in total. The summed E-state index contributed by atoms with van der Waals surface area (Å²) in [5.41, 5.74) is 0.955. The molecule has 1 radical (unpaired) electrons. The fraction of sp³-hybridized carbons (Fsp3) is 0.227. The van der Waals surface area contributed by atoms with Gasteiger partial charge < -0.3 is 10.1 Å². The third kappa shape index (κ3) is 7.06. The molecule has 0 atom stereocenters. The normalized spacial score (nSPS) is 11.8. The van der Waals surface area contributed by atoms with Crippen molar-refractivity contribution in [2.24, 2.45) is 11.8 Å². The fourth-order valence-electron chi connectivity index (χ4n) is 6.76. The van der Waals surface area contributed by atoms with Crippen molar-refractivity contribution >= 4 is 70.5 Å². The van der Waals surface area contributed by atoms with E-state index in [0.29, 0.717) is 0 Å². The molecule has 0 aliphatic heterocycles. The number of aromatic nitrogens is 1. The standard InChI is InChI=1S/C31H18N.C13H24O2.Ir/c1-2-11-26-25(10-1)23-8-3-7-21(16-23)22-15-14-20-6-4-13-28(29(20)17-22)31-18-30-24(19-32-31)9-5-12-27(26)30;1-5-10(6-2)12(14)9-13(15)11(7-3)8-4;/h1-12,14-19H;9-11,14H,5-8H2,1-4H3;/q-1;;/b;12-9-;. The Morgan fingerprint density at radius 3 is 2.00 bits per heavy atom. The quantitative estimate of drug-likeness (QED) is 0.0991. The van der Waals surface area contributed by atoms with Crippen molar-refractivity contribution in [1.82, 2.24) is 4.98 Å². The number of fused-ring (bicyclic) bond motifs is 9. The molecule has 7 aromatic rings. The molecule has 48 heavy (non-hydrogen) atoms. The van der Waals surface area contributed by atoms with Gasteiger partial charge in [-0.1, -0.05) is 118 Å². The zero-order valence-corrected chi connectivity index (χ0v) is 30.5. The van der Waals surface area contributed by atoms with E-state index in [1.807, 2.05) is 40.0 Å². The first kappa shape index (κ1) is 34.9. The number of hydrogen-bond acceptors (Lipinski definition) is 3. The molecule has 1 aromatic heterocycles. The largest absolute Gasteiger partial charge is 0.512 e. The number of benzene rings is 5. The number of rotatable bonds is 7. The van der Waals surface area contributed by atoms with Crippen LogP contribution in [-0.4, -0.2) is 15.9 Å². The first-order valence-electron chi connectivity index (χ1n) is 16.9. The average Bonchev–Trinajstić information content (AvgIpc) is 3.12. The van der Waals surface area contributed by atoms with Crippen LogP contribution in [0.2, 0.25) is 0 Å². The zero-order valence-electron chi connectivity index (χ0n) is 28.1. The fourth-order valence-corrected chi connectivity index (χ4v) is 6.76. The van der Waals surface area contributed by atoms with Gasteiger partial charge in [0, 0.05) is 44.2 Å². The molecular formula is C44H42IrNO2-. The van der Waals surface area contributed by atoms with Gasteiger partial charge in [-0.05, 0) is 80.4 Å². The molecule has 1 N–H and O–H groups in total. The van der Waals surface area contributed by atoms with Crippen molar-refractivity contribution in [1.29, 1.82) is 0 Å². The Hall–Kier alpha value is -4.37. The van der Waals surface area contributed by atoms with Crippen molar-refractivity contribution in [2.75, 3.05) is 0 Å². The van der Waals surface area contributed by atoms with Crippen molar-refractivity contribution in [3.63, 3.8) is 0 Å². The third-order valence-electron chi connectivity index (χ3n) is 9.64. The molecule has 0 aliphatic rings. The number of aliphatic hydroxyl groups excluding tert-OH is 1. The maximum Gasteiger partial charge on any atom is 0.162 e. The van der Waals surface area contributed by atoms with Crippen LogP contribution in [0.1, 0.15) is 53.4 Å². The van der Waals surface area contributed by atoms with Crippen LogP contribution in [0.3, 0.4) is 0 Å². The Bertz CT molecular complexity index is 2300. The molecular weight excluding hydrogens is 767 g/mol. The summed E-state index contributed by atoms with van der Waals surface area (Å²) in [7, 11) is 0. The Morgan fingerprint density at radius 2 is 1.25 bits per heavy atom. The smallest absolute Gasteiger partial charge is 0.162 e. The SMILES string of the molecule is CCC(CC)C(=O)/C=C(\O)C(CC)CC.[Ir].[c-]1ccc2ccc3cc2c1c1cc2c(cccc2c2ccccc2c2cccc3c2)cn1. The van der Waals surface area contributed by atoms with Gasteiger partial charge in [-0.3, -0.25) is 4.79 Å². The minimum Gasteiger partial charge on any atom is -0.512 e. The third-order valence-corrected chi connectivity index (χ3v) is 9.64. The van der Waals surface area contributed by atoms with Crippen LogP contribution < -0.4 is 0 Å². The molecule has 0 spiro atoms. The van der Waals surface area contributed by atoms with Crippen LogP contribution >= 0.6 is 0 Å². The van der Waals surface area contributed by atoms with Crippen molar-refractivity contribution in [3.05, 3.63) is 127 Å². The summed E-state index contributed by atoms with van der Waals surface area (Å²) >= 11 is 0. The number of ketones is 1. The van der Waals surface area contributed by atoms with E-state index < -0.39 is 0 Å². The molecule has 0 unspecified atom stereocenters. The van der Waals surface area contributed by atoms with Crippen LogP contribution in [0.4, 0.5) is 0 Å². The van der Waals surface area contributed by atoms with E-state index in [4.69, 9.17) is 4.98 Å². The Labute approximate surface area is 296 Å². The molecule has 1 heterocycles. The van der Waals surface area contributed by atoms with E-state index in [0.717, 1.165) is 42.0 Å². The number of nitrogens with zero attached hydrogens (tertiary/aromatic N) is 1. The predicted molar refractivity (Wildman–Crippen MR) is 201 cm³/mol. The monoisotopic (exact) mass is 809 g/mol. The maximum absolute atomic E-state index is 11.7. The maximum atomic E-state index is 11.7. The van der Waals surface area contributed by atoms with Gasteiger partial charge in [0.1, 0.15) is 0 Å². The van der Waals surface area contributed by atoms with Gasteiger partial charge in [-0.2, -0.15) is 0 Å². The second-order valence-corrected chi connectivity index (χ2v) is 12.4. The van der Waals surface area contributed by atoms with Gasteiger partial charge in [-0.15, -0.1) is 29.0 Å². The van der Waals surface area contributed by atoms with E-state index in [-0.39, 0.29) is 43.5 Å². The number of pyridine rings is 1. The van der Waals surface area contributed by atoms with E-state index in [1.165, 1.54) is 54.6 Å². The van der Waals surface area contributed by atoms with Crippen molar-refractivity contribution < 1.29 is 30.0 Å². The van der Waals surface area contributed by atoms with Gasteiger partial charge >= 0.3 is 0 Å². The molecule has 0 aliphatic carbocycles. The molecule has 6 bridgehead atoms. The molecule has 0 saturated carbocycles. The molecule has 6 aromatic carbocycles. The van der Waals surface area contributed by atoms with Gasteiger partial charge in [0.2, 0.25) is 0 Å². The van der Waals surface area contributed by atoms with Crippen LogP contribution in [0, 0.1) is 17.9 Å². The number of hydrogen-bond donors (Lipinski definition) is 1. The summed E-state index contributed by atoms with van der Waals surface area (Å²) in [6.07, 6.45) is 6.90. The first-order chi connectivity index (χ1) is 22.9. The Kier molecular flexibility index (Phi) is 11.4. The zero-order chi connectivity index (χ0) is 32.9. The van der Waals surface area contributed by atoms with Crippen LogP contribution in [-0.2, 0) is 24.9 Å². The van der Waals surface area contributed by atoms with Crippen LogP contribution in [0.25, 0.3) is 64.8 Å². The number of carbonyl (C=O) groups is 1. The molecule has 0 saturated heterocycles. The molecule has 0 amide bonds. The van der Waals surface area contributed by atoms with E-state index >= 15 is 0 Å². The van der Waals surface area contributed by atoms with E-state index in [9.17, 15) is 9.90 Å². The Morgan fingerprint density at radius 1 is 0.646 bits per heavy atom. The summed E-state index contributed by atoms with van der Waals surface area (Å²) in [6, 6.07) is 40.6. The van der Waals surface area contributed by atoms with Crippen LogP contribution in [0.15, 0.2) is 121 Å². The van der Waals surface area contributed by atoms with Gasteiger partial charge in [0.15, 0.2) is 5.78 Å². The first-order valence-corrected chi connectivity index (χ1v) is 16.9. The molecule has 245 valence electrons. The summed E-state index contributed by atoms with van der Waals surface area (Å²) in [5.74, 6) is 0.547. The second kappa shape index (κ2) is 15.7. The van der Waals surface area contributed by atoms with Crippen molar-refractivity contribution in [3.8, 4) is 0 Å². The van der Waals surface area contributed by atoms with E-state index in [1.54, 1.807) is 0 Å². The summed E-state index contributed by atoms with van der Waals surface area (Å²) in [6.45, 7) is 8.07. The predicted octanol–water partition coefficient (Wildman–Crippen LogP) is 12.2. The van der Waals surface area contributed by atoms with Gasteiger partial charge in [0.25, 0.3) is 0 Å². The van der Waals surface area contributed by atoms with Gasteiger partial charge in [0.05, 0.1) is 5.76 Å². The number of aliphatic hydroxyl groups is 1. The van der Waals surface area contributed by atoms with E-state index in [2.05, 4.69) is 103 Å². The molecule has 4 heteroatoms. The summed E-state index contributed by atoms with van der Waals surface area (Å²) < 4.78 is 0. The Balaban J connectivity index is 0.000000243. The molecule has 7 rings (SSSR count). The topological polar surface area (TPSA) is 50.2 Å². The summed E-state index contributed by atoms with van der Waals surface area (Å²) in [5, 5.41) is 22.9. The number of carbonyl (C=O) groups excluding carboxylic acids is 1. The van der Waals surface area contributed by atoms with Crippen molar-refractivity contribution in [2.45, 2.75) is 53.4 Å². The van der Waals surface area contributed by atoms with Gasteiger partial charge in [-0.25, -0.2) is 0 Å². The minimum absolute atomic E-state index is 0. The number of allylic oxidation sites excluding steroid dienone is 2. The summed E-state index contributed by atoms with van der Waals surface area (Å²) in [4.78, 5) is 16.6. The minimum atomic E-state index is 0. The average molecular weight is 809 g/mol. The second-order valence-electron chi connectivity index (χ2n) is 12.4.